The van der Waals surface area contributed by atoms with Crippen LogP contribution in [0.4, 0.5) is 0 Å². The van der Waals surface area contributed by atoms with E-state index >= 15 is 0 Å². The van der Waals surface area contributed by atoms with Gasteiger partial charge in [0.25, 0.3) is 5.56 Å². The zero-order chi connectivity index (χ0) is 15.7. The van der Waals surface area contributed by atoms with Crippen molar-refractivity contribution in [1.82, 2.24) is 20.2 Å². The Morgan fingerprint density at radius 1 is 1.09 bits per heavy atom. The molecule has 3 aromatic rings. The summed E-state index contributed by atoms with van der Waals surface area (Å²) in [6.07, 6.45) is -0.366. The van der Waals surface area contributed by atoms with E-state index in [1.807, 2.05) is 51.1 Å². The predicted octanol–water partition coefficient (Wildman–Crippen LogP) is 2.91. The van der Waals surface area contributed by atoms with E-state index in [1.54, 1.807) is 0 Å². The van der Waals surface area contributed by atoms with Crippen LogP contribution in [0.2, 0.25) is 0 Å². The van der Waals surface area contributed by atoms with Gasteiger partial charge in [-0.3, -0.25) is 9.89 Å². The van der Waals surface area contributed by atoms with Gasteiger partial charge in [0.15, 0.2) is 17.4 Å². The first-order chi connectivity index (χ1) is 10.6. The molecule has 6 heteroatoms. The van der Waals surface area contributed by atoms with Gasteiger partial charge in [-0.15, -0.1) is 0 Å². The maximum Gasteiger partial charge on any atom is 0.279 e. The molecular formula is C16H18N4O2. The fraction of sp³-hybridized carbons (Fsp3) is 0.312. The number of rotatable bonds is 4. The van der Waals surface area contributed by atoms with Crippen LogP contribution >= 0.6 is 0 Å². The predicted molar refractivity (Wildman–Crippen MR) is 84.1 cm³/mol. The normalized spacial score (nSPS) is 12.7. The van der Waals surface area contributed by atoms with E-state index in [1.165, 1.54) is 0 Å². The summed E-state index contributed by atoms with van der Waals surface area (Å²) in [5.74, 6) is 1.43. The highest BCUT2D eigenvalue weighted by molar-refractivity contribution is 5.76. The third-order valence-corrected chi connectivity index (χ3v) is 3.47. The Kier molecular flexibility index (Phi) is 3.66. The van der Waals surface area contributed by atoms with Crippen molar-refractivity contribution in [1.29, 1.82) is 0 Å². The third kappa shape index (κ3) is 2.59. The van der Waals surface area contributed by atoms with Crippen LogP contribution in [-0.4, -0.2) is 20.2 Å². The lowest BCUT2D eigenvalue weighted by atomic mass is 10.1. The van der Waals surface area contributed by atoms with Crippen LogP contribution in [0.3, 0.4) is 0 Å². The van der Waals surface area contributed by atoms with Gasteiger partial charge in [-0.1, -0.05) is 32.0 Å². The number of H-pyrrole nitrogens is 2. The highest BCUT2D eigenvalue weighted by atomic mass is 16.5. The summed E-state index contributed by atoms with van der Waals surface area (Å²) in [5, 5.41) is 6.95. The van der Waals surface area contributed by atoms with E-state index in [0.717, 1.165) is 11.4 Å². The van der Waals surface area contributed by atoms with Crippen LogP contribution in [0.1, 0.15) is 44.3 Å². The van der Waals surface area contributed by atoms with Crippen LogP contribution in [-0.2, 0) is 0 Å². The lowest BCUT2D eigenvalue weighted by Gasteiger charge is -2.14. The molecular weight excluding hydrogens is 280 g/mol. The maximum absolute atomic E-state index is 12.2. The van der Waals surface area contributed by atoms with Gasteiger partial charge in [-0.2, -0.15) is 5.10 Å². The molecule has 114 valence electrons. The summed E-state index contributed by atoms with van der Waals surface area (Å²) in [7, 11) is 0. The minimum atomic E-state index is -0.366. The Bertz CT molecular complexity index is 836. The number of nitrogens with zero attached hydrogens (tertiary/aromatic N) is 2. The molecule has 22 heavy (non-hydrogen) atoms. The van der Waals surface area contributed by atoms with Gasteiger partial charge in [-0.25, -0.2) is 4.98 Å². The number of hydrogen-bond donors (Lipinski definition) is 2. The second-order valence-corrected chi connectivity index (χ2v) is 5.51. The average molecular weight is 298 g/mol. The summed E-state index contributed by atoms with van der Waals surface area (Å²) < 4.78 is 5.82. The van der Waals surface area contributed by atoms with Crippen molar-refractivity contribution in [2.45, 2.75) is 32.8 Å². The summed E-state index contributed by atoms with van der Waals surface area (Å²) in [4.78, 5) is 19.4. The van der Waals surface area contributed by atoms with Gasteiger partial charge in [0.1, 0.15) is 11.3 Å². The molecule has 0 saturated carbocycles. The SMILES string of the molecule is CC(C)c1[nH]nc2c(=O)[nH]c(C(C)Oc3ccccc3)nc12. The van der Waals surface area contributed by atoms with E-state index in [-0.39, 0.29) is 17.6 Å². The molecule has 6 nitrogen and oxygen atoms in total. The highest BCUT2D eigenvalue weighted by Crippen LogP contribution is 2.22. The van der Waals surface area contributed by atoms with Crippen molar-refractivity contribution in [3.05, 3.63) is 52.2 Å². The summed E-state index contributed by atoms with van der Waals surface area (Å²) in [6.45, 7) is 5.91. The van der Waals surface area contributed by atoms with Gasteiger partial charge in [0.05, 0.1) is 5.69 Å². The minimum absolute atomic E-state index is 0.206. The van der Waals surface area contributed by atoms with E-state index in [4.69, 9.17) is 4.74 Å². The summed E-state index contributed by atoms with van der Waals surface area (Å²) in [6, 6.07) is 9.45. The van der Waals surface area contributed by atoms with Gasteiger partial charge < -0.3 is 9.72 Å². The maximum atomic E-state index is 12.2. The van der Waals surface area contributed by atoms with Gasteiger partial charge in [0, 0.05) is 0 Å². The van der Waals surface area contributed by atoms with Crippen LogP contribution in [0.15, 0.2) is 35.1 Å². The molecule has 1 atom stereocenters. The molecule has 0 saturated heterocycles. The fourth-order valence-corrected chi connectivity index (χ4v) is 2.30. The Morgan fingerprint density at radius 3 is 2.50 bits per heavy atom. The Labute approximate surface area is 127 Å². The van der Waals surface area contributed by atoms with Gasteiger partial charge >= 0.3 is 0 Å². The number of fused-ring (bicyclic) bond motifs is 1. The largest absolute Gasteiger partial charge is 0.483 e. The fourth-order valence-electron chi connectivity index (χ4n) is 2.30. The molecule has 0 amide bonds. The van der Waals surface area contributed by atoms with Crippen molar-refractivity contribution in [2.75, 3.05) is 0 Å². The van der Waals surface area contributed by atoms with Crippen molar-refractivity contribution in [2.24, 2.45) is 0 Å². The Morgan fingerprint density at radius 2 is 1.82 bits per heavy atom. The molecule has 1 unspecified atom stereocenters. The lowest BCUT2D eigenvalue weighted by Crippen LogP contribution is -2.16. The molecule has 0 spiro atoms. The van der Waals surface area contributed by atoms with E-state index < -0.39 is 0 Å². The molecule has 2 N–H and O–H groups in total. The lowest BCUT2D eigenvalue weighted by molar-refractivity contribution is 0.216. The smallest absolute Gasteiger partial charge is 0.279 e. The number of para-hydroxylation sites is 1. The molecule has 0 radical (unpaired) electrons. The standard InChI is InChI=1S/C16H18N4O2/c1-9(2)12-13-14(20-19-12)16(21)18-15(17-13)10(3)22-11-7-5-4-6-8-11/h4-10H,1-3H3,(H,19,20)(H,17,18,21). The van der Waals surface area contributed by atoms with Crippen LogP contribution < -0.4 is 10.3 Å². The number of hydrogen-bond acceptors (Lipinski definition) is 4. The second-order valence-electron chi connectivity index (χ2n) is 5.51. The molecule has 0 aliphatic carbocycles. The van der Waals surface area contributed by atoms with E-state index in [9.17, 15) is 4.79 Å². The molecule has 0 bridgehead atoms. The van der Waals surface area contributed by atoms with Crippen LogP contribution in [0.5, 0.6) is 5.75 Å². The number of nitrogens with one attached hydrogen (secondary N) is 2. The Hall–Kier alpha value is -2.63. The van der Waals surface area contributed by atoms with Crippen molar-refractivity contribution >= 4 is 11.0 Å². The molecule has 1 aromatic carbocycles. The molecule has 0 aliphatic rings. The van der Waals surface area contributed by atoms with Gasteiger partial charge in [-0.05, 0) is 25.0 Å². The van der Waals surface area contributed by atoms with E-state index in [0.29, 0.717) is 16.9 Å². The molecule has 2 heterocycles. The topological polar surface area (TPSA) is 83.7 Å². The quantitative estimate of drug-likeness (QED) is 0.775. The zero-order valence-electron chi connectivity index (χ0n) is 12.8. The molecule has 2 aromatic heterocycles. The first kappa shape index (κ1) is 14.3. The van der Waals surface area contributed by atoms with Crippen LogP contribution in [0.25, 0.3) is 11.0 Å². The summed E-state index contributed by atoms with van der Waals surface area (Å²) in [5.41, 5.74) is 1.54. The van der Waals surface area contributed by atoms with Gasteiger partial charge in [0.2, 0.25) is 0 Å². The highest BCUT2D eigenvalue weighted by Gasteiger charge is 2.17. The van der Waals surface area contributed by atoms with E-state index in [2.05, 4.69) is 20.2 Å². The van der Waals surface area contributed by atoms with Crippen LogP contribution in [0, 0.1) is 0 Å². The molecule has 0 fully saturated rings. The van der Waals surface area contributed by atoms with Crippen molar-refractivity contribution in [3.8, 4) is 5.75 Å². The first-order valence-corrected chi connectivity index (χ1v) is 7.26. The number of ether oxygens (including phenoxy) is 1. The molecule has 3 rings (SSSR count). The second kappa shape index (κ2) is 5.63. The average Bonchev–Trinajstić information content (AvgIpc) is 2.93. The van der Waals surface area contributed by atoms with Crippen molar-refractivity contribution in [3.63, 3.8) is 0 Å². The number of aromatic amines is 2. The third-order valence-electron chi connectivity index (χ3n) is 3.47. The first-order valence-electron chi connectivity index (χ1n) is 7.26. The summed E-state index contributed by atoms with van der Waals surface area (Å²) >= 11 is 0. The number of benzene rings is 1. The minimum Gasteiger partial charge on any atom is -0.483 e. The zero-order valence-corrected chi connectivity index (χ0v) is 12.8. The molecule has 0 aliphatic heterocycles. The Balaban J connectivity index is 2.00. The number of aromatic nitrogens is 4. The monoisotopic (exact) mass is 298 g/mol. The van der Waals surface area contributed by atoms with Crippen molar-refractivity contribution < 1.29 is 4.74 Å².